The van der Waals surface area contributed by atoms with Crippen LogP contribution in [-0.4, -0.2) is 48.4 Å². The smallest absolute Gasteiger partial charge is 0.414 e. The van der Waals surface area contributed by atoms with Gasteiger partial charge in [0.05, 0.1) is 6.54 Å². The summed E-state index contributed by atoms with van der Waals surface area (Å²) in [4.78, 5) is 22.8. The highest BCUT2D eigenvalue weighted by molar-refractivity contribution is 7.98. The van der Waals surface area contributed by atoms with Gasteiger partial charge in [-0.1, -0.05) is 18.2 Å². The number of para-hydroxylation sites is 1. The predicted molar refractivity (Wildman–Crippen MR) is 83.7 cm³/mol. The van der Waals surface area contributed by atoms with Crippen molar-refractivity contribution in [2.24, 2.45) is 5.73 Å². The van der Waals surface area contributed by atoms with Crippen LogP contribution in [0.3, 0.4) is 0 Å². The maximum absolute atomic E-state index is 11.1. The summed E-state index contributed by atoms with van der Waals surface area (Å²) in [5, 5.41) is 8.27. The summed E-state index contributed by atoms with van der Waals surface area (Å²) in [5.74, 6) is -0.1000. The zero-order valence-corrected chi connectivity index (χ0v) is 12.7. The number of carboxylic acids is 1. The number of aliphatic carboxylic acids is 1. The standard InChI is InChI=1S/C9H9NO2.C5H11NO2S/c11-9-10(6-7-12-9)8-4-2-1-3-5-8;1-9-3-2-4(6)5(7)8/h1-5H,6-7H2;4H,2-3,6H2,1H3,(H,7,8)/t;4-/m.1/s1. The molecular weight excluding hydrogens is 292 g/mol. The van der Waals surface area contributed by atoms with Crippen molar-refractivity contribution in [3.8, 4) is 0 Å². The Bertz CT molecular complexity index is 456. The van der Waals surface area contributed by atoms with E-state index in [1.54, 1.807) is 16.7 Å². The van der Waals surface area contributed by atoms with Crippen molar-refractivity contribution >= 4 is 29.5 Å². The molecule has 0 bridgehead atoms. The molecule has 1 aromatic carbocycles. The van der Waals surface area contributed by atoms with E-state index in [9.17, 15) is 9.59 Å². The van der Waals surface area contributed by atoms with Crippen molar-refractivity contribution in [2.75, 3.05) is 30.1 Å². The summed E-state index contributed by atoms with van der Waals surface area (Å²) >= 11 is 1.60. The highest BCUT2D eigenvalue weighted by Gasteiger charge is 2.22. The molecule has 21 heavy (non-hydrogen) atoms. The van der Waals surface area contributed by atoms with E-state index < -0.39 is 12.0 Å². The maximum atomic E-state index is 11.1. The first-order valence-corrected chi connectivity index (χ1v) is 7.92. The number of anilines is 1. The molecule has 3 N–H and O–H groups in total. The molecule has 0 saturated carbocycles. The van der Waals surface area contributed by atoms with E-state index in [-0.39, 0.29) is 6.09 Å². The fourth-order valence-electron chi connectivity index (χ4n) is 1.60. The van der Waals surface area contributed by atoms with E-state index in [0.29, 0.717) is 19.6 Å². The van der Waals surface area contributed by atoms with Gasteiger partial charge in [-0.2, -0.15) is 11.8 Å². The number of thioether (sulfide) groups is 1. The number of hydrogen-bond acceptors (Lipinski definition) is 5. The number of ether oxygens (including phenoxy) is 1. The third kappa shape index (κ3) is 6.05. The second-order valence-corrected chi connectivity index (χ2v) is 5.31. The summed E-state index contributed by atoms with van der Waals surface area (Å²) in [6, 6.07) is 8.84. The molecule has 7 heteroatoms. The summed E-state index contributed by atoms with van der Waals surface area (Å²) in [6.07, 6.45) is 2.23. The van der Waals surface area contributed by atoms with Crippen LogP contribution in [0.15, 0.2) is 30.3 Å². The summed E-state index contributed by atoms with van der Waals surface area (Å²) in [6.45, 7) is 1.15. The molecule has 0 unspecified atom stereocenters. The van der Waals surface area contributed by atoms with Gasteiger partial charge < -0.3 is 15.6 Å². The first kappa shape index (κ1) is 17.3. The lowest BCUT2D eigenvalue weighted by Gasteiger charge is -2.11. The summed E-state index contributed by atoms with van der Waals surface area (Å²) in [5.41, 5.74) is 6.09. The minimum Gasteiger partial charge on any atom is -0.480 e. The highest BCUT2D eigenvalue weighted by atomic mass is 32.2. The molecule has 0 aliphatic carbocycles. The van der Waals surface area contributed by atoms with Gasteiger partial charge in [0.25, 0.3) is 0 Å². The first-order valence-electron chi connectivity index (χ1n) is 6.53. The largest absolute Gasteiger partial charge is 0.480 e. The van der Waals surface area contributed by atoms with E-state index in [1.165, 1.54) is 0 Å². The lowest BCUT2D eigenvalue weighted by Crippen LogP contribution is -2.30. The van der Waals surface area contributed by atoms with E-state index in [1.807, 2.05) is 36.6 Å². The first-order chi connectivity index (χ1) is 10.1. The Kier molecular flexibility index (Phi) is 7.63. The van der Waals surface area contributed by atoms with Gasteiger partial charge in [0, 0.05) is 5.69 Å². The molecule has 1 saturated heterocycles. The molecule has 2 rings (SSSR count). The molecular formula is C14H20N2O4S. The number of nitrogens with zero attached hydrogens (tertiary/aromatic N) is 1. The zero-order valence-electron chi connectivity index (χ0n) is 11.9. The molecule has 1 amide bonds. The number of amides is 1. The number of carboxylic acid groups (broad SMARTS) is 1. The van der Waals surface area contributed by atoms with Gasteiger partial charge in [0.15, 0.2) is 0 Å². The molecule has 1 aliphatic rings. The number of carbonyl (C=O) groups is 2. The van der Waals surface area contributed by atoms with E-state index in [0.717, 1.165) is 11.4 Å². The van der Waals surface area contributed by atoms with Gasteiger partial charge in [0.2, 0.25) is 0 Å². The average molecular weight is 312 g/mol. The second kappa shape index (κ2) is 9.25. The third-order valence-electron chi connectivity index (χ3n) is 2.78. The van der Waals surface area contributed by atoms with Gasteiger partial charge in [0.1, 0.15) is 12.6 Å². The fraction of sp³-hybridized carbons (Fsp3) is 0.429. The molecule has 0 aromatic heterocycles. The van der Waals surface area contributed by atoms with Crippen LogP contribution >= 0.6 is 11.8 Å². The van der Waals surface area contributed by atoms with Crippen LogP contribution in [0.25, 0.3) is 0 Å². The van der Waals surface area contributed by atoms with Crippen molar-refractivity contribution in [1.29, 1.82) is 0 Å². The normalized spacial score (nSPS) is 15.0. The Morgan fingerprint density at radius 1 is 1.48 bits per heavy atom. The number of benzene rings is 1. The van der Waals surface area contributed by atoms with Gasteiger partial charge in [-0.25, -0.2) is 4.79 Å². The van der Waals surface area contributed by atoms with E-state index in [2.05, 4.69) is 0 Å². The number of nitrogens with two attached hydrogens (primary N) is 1. The number of cyclic esters (lactones) is 1. The Morgan fingerprint density at radius 3 is 2.62 bits per heavy atom. The van der Waals surface area contributed by atoms with Crippen molar-refractivity contribution in [1.82, 2.24) is 0 Å². The van der Waals surface area contributed by atoms with Crippen molar-refractivity contribution in [3.63, 3.8) is 0 Å². The number of carbonyl (C=O) groups excluding carboxylic acids is 1. The van der Waals surface area contributed by atoms with Crippen molar-refractivity contribution in [3.05, 3.63) is 30.3 Å². The Morgan fingerprint density at radius 2 is 2.14 bits per heavy atom. The summed E-state index contributed by atoms with van der Waals surface area (Å²) < 4.78 is 4.81. The molecule has 0 radical (unpaired) electrons. The van der Waals surface area contributed by atoms with Crippen LogP contribution in [0.1, 0.15) is 6.42 Å². The molecule has 1 fully saturated rings. The van der Waals surface area contributed by atoms with Crippen LogP contribution in [-0.2, 0) is 9.53 Å². The Hall–Kier alpha value is -1.73. The van der Waals surface area contributed by atoms with Crippen LogP contribution in [0.2, 0.25) is 0 Å². The minimum atomic E-state index is -0.913. The monoisotopic (exact) mass is 312 g/mol. The maximum Gasteiger partial charge on any atom is 0.414 e. The van der Waals surface area contributed by atoms with Crippen molar-refractivity contribution < 1.29 is 19.4 Å². The topological polar surface area (TPSA) is 92.9 Å². The van der Waals surface area contributed by atoms with E-state index >= 15 is 0 Å². The van der Waals surface area contributed by atoms with Crippen LogP contribution in [0.4, 0.5) is 10.5 Å². The average Bonchev–Trinajstić information content (AvgIpc) is 2.92. The molecule has 1 atom stereocenters. The van der Waals surface area contributed by atoms with Crippen molar-refractivity contribution in [2.45, 2.75) is 12.5 Å². The molecule has 1 heterocycles. The fourth-order valence-corrected chi connectivity index (χ4v) is 2.09. The third-order valence-corrected chi connectivity index (χ3v) is 3.42. The molecule has 1 aliphatic heterocycles. The minimum absolute atomic E-state index is 0.249. The molecule has 6 nitrogen and oxygen atoms in total. The van der Waals surface area contributed by atoms with Gasteiger partial charge in [-0.05, 0) is 30.6 Å². The predicted octanol–water partition coefficient (Wildman–Crippen LogP) is 1.79. The lowest BCUT2D eigenvalue weighted by atomic mass is 10.2. The van der Waals surface area contributed by atoms with E-state index in [4.69, 9.17) is 15.6 Å². The summed E-state index contributed by atoms with van der Waals surface area (Å²) in [7, 11) is 0. The lowest BCUT2D eigenvalue weighted by molar-refractivity contribution is -0.138. The SMILES string of the molecule is CSCC[C@@H](N)C(=O)O.O=C1OCCN1c1ccccc1. The number of hydrogen-bond donors (Lipinski definition) is 2. The van der Waals surface area contributed by atoms with Gasteiger partial charge in [-0.15, -0.1) is 0 Å². The second-order valence-electron chi connectivity index (χ2n) is 4.33. The quantitative estimate of drug-likeness (QED) is 0.861. The van der Waals surface area contributed by atoms with Crippen LogP contribution in [0, 0.1) is 0 Å². The van der Waals surface area contributed by atoms with Gasteiger partial charge >= 0.3 is 12.1 Å². The molecule has 0 spiro atoms. The highest BCUT2D eigenvalue weighted by Crippen LogP contribution is 2.16. The van der Waals surface area contributed by atoms with Gasteiger partial charge in [-0.3, -0.25) is 9.69 Å². The van der Waals surface area contributed by atoms with Crippen LogP contribution < -0.4 is 10.6 Å². The number of rotatable bonds is 5. The Labute approximate surface area is 128 Å². The van der Waals surface area contributed by atoms with Crippen LogP contribution in [0.5, 0.6) is 0 Å². The Balaban J connectivity index is 0.000000222. The zero-order chi connectivity index (χ0) is 15.7. The molecule has 116 valence electrons. The molecule has 1 aromatic rings.